The van der Waals surface area contributed by atoms with Crippen molar-refractivity contribution in [3.8, 4) is 0 Å². The van der Waals surface area contributed by atoms with Crippen molar-refractivity contribution in [1.29, 1.82) is 0 Å². The highest BCUT2D eigenvalue weighted by Gasteiger charge is 2.36. The summed E-state index contributed by atoms with van der Waals surface area (Å²) in [5.74, 6) is -4.41. The molecule has 14 heteroatoms. The first-order valence-corrected chi connectivity index (χ1v) is 20.1. The van der Waals surface area contributed by atoms with E-state index >= 15 is 0 Å². The minimum Gasteiger partial charge on any atom is -0.480 e. The van der Waals surface area contributed by atoms with Crippen LogP contribution in [0.4, 0.5) is 0 Å². The van der Waals surface area contributed by atoms with Crippen molar-refractivity contribution in [2.45, 2.75) is 50.5 Å². The van der Waals surface area contributed by atoms with Gasteiger partial charge in [0.05, 0.1) is 0 Å². The number of nitrogens with one attached hydrogen (secondary N) is 1. The van der Waals surface area contributed by atoms with E-state index in [0.717, 1.165) is 0 Å². The van der Waals surface area contributed by atoms with Gasteiger partial charge >= 0.3 is 23.9 Å². The van der Waals surface area contributed by atoms with Gasteiger partial charge in [0.25, 0.3) is 0 Å². The van der Waals surface area contributed by atoms with E-state index in [1.165, 1.54) is 0 Å². The summed E-state index contributed by atoms with van der Waals surface area (Å²) in [7, 11) is 0. The van der Waals surface area contributed by atoms with Crippen molar-refractivity contribution in [3.05, 3.63) is 144 Å². The van der Waals surface area contributed by atoms with Crippen molar-refractivity contribution in [1.82, 2.24) is 24.9 Å². The zero-order chi connectivity index (χ0) is 43.2. The summed E-state index contributed by atoms with van der Waals surface area (Å²) < 4.78 is 5.46. The zero-order valence-corrected chi connectivity index (χ0v) is 34.3. The largest absolute Gasteiger partial charge is 0.480 e. The molecule has 0 bridgehead atoms. The van der Waals surface area contributed by atoms with Crippen molar-refractivity contribution in [2.75, 3.05) is 58.9 Å². The van der Waals surface area contributed by atoms with Crippen LogP contribution in [0.1, 0.15) is 67.2 Å². The number of carbonyl (C=O) groups excluding carboxylic acids is 2. The topological polar surface area (TPSA) is 180 Å². The molecule has 1 fully saturated rings. The predicted octanol–water partition coefficient (Wildman–Crippen LogP) is 4.88. The highest BCUT2D eigenvalue weighted by Crippen LogP contribution is 2.29. The second-order valence-corrected chi connectivity index (χ2v) is 15.7. The van der Waals surface area contributed by atoms with Gasteiger partial charge in [-0.15, -0.1) is 0 Å². The van der Waals surface area contributed by atoms with Gasteiger partial charge in [-0.3, -0.25) is 43.6 Å². The molecular weight excluding hydrogens is 767 g/mol. The Morgan fingerprint density at radius 2 is 0.733 bits per heavy atom. The number of ether oxygens (including phenoxy) is 1. The molecule has 1 heterocycles. The Balaban J connectivity index is 1.61. The Bertz CT molecular complexity index is 1940. The Labute approximate surface area is 351 Å². The lowest BCUT2D eigenvalue weighted by molar-refractivity contribution is -0.155. The van der Waals surface area contributed by atoms with Crippen LogP contribution in [0.5, 0.6) is 0 Å². The standard InChI is InChI=1S/C46H55N5O9/c1-46(2,3)60-37(52)32-47-42(53)38(33-16-8-4-9-17-33)48-24-26-49(39(43(54)55)34-18-10-5-11-19-34)28-30-51(41(45(58)59)36-22-14-7-15-23-36)31-29-50(27-25-48)40(44(56)57)35-20-12-6-13-21-35/h4-23,38-41H,24-32H2,1-3H3,(H,47,53)(H,54,55)(H,56,57)(H,58,59). The van der Waals surface area contributed by atoms with E-state index in [-0.39, 0.29) is 52.4 Å². The van der Waals surface area contributed by atoms with Crippen LogP contribution in [0.2, 0.25) is 0 Å². The number of hydrogen-bond donors (Lipinski definition) is 4. The second kappa shape index (κ2) is 21.4. The van der Waals surface area contributed by atoms with Crippen LogP contribution in [0.3, 0.4) is 0 Å². The van der Waals surface area contributed by atoms with E-state index in [2.05, 4.69) is 5.32 Å². The highest BCUT2D eigenvalue weighted by atomic mass is 16.6. The summed E-state index contributed by atoms with van der Waals surface area (Å²) in [4.78, 5) is 73.9. The molecule has 1 aliphatic rings. The molecule has 0 spiro atoms. The van der Waals surface area contributed by atoms with Crippen LogP contribution in [0, 0.1) is 0 Å². The Hall–Kier alpha value is -5.93. The molecule has 1 amide bonds. The molecule has 0 radical (unpaired) electrons. The van der Waals surface area contributed by atoms with E-state index in [0.29, 0.717) is 22.3 Å². The number of carbonyl (C=O) groups is 5. The number of aliphatic carboxylic acids is 3. The fourth-order valence-corrected chi connectivity index (χ4v) is 7.74. The van der Waals surface area contributed by atoms with Gasteiger partial charge in [-0.25, -0.2) is 0 Å². The van der Waals surface area contributed by atoms with Gasteiger partial charge in [-0.2, -0.15) is 0 Å². The molecule has 4 aromatic rings. The number of amides is 1. The van der Waals surface area contributed by atoms with Crippen LogP contribution in [-0.4, -0.2) is 129 Å². The molecule has 14 nitrogen and oxygen atoms in total. The van der Waals surface area contributed by atoms with Crippen molar-refractivity contribution < 1.29 is 44.0 Å². The average Bonchev–Trinajstić information content (AvgIpc) is 3.21. The number of hydrogen-bond acceptors (Lipinski definition) is 10. The Kier molecular flexibility index (Phi) is 16.1. The summed E-state index contributed by atoms with van der Waals surface area (Å²) >= 11 is 0. The quantitative estimate of drug-likeness (QED) is 0.127. The molecule has 5 rings (SSSR count). The maximum absolute atomic E-state index is 14.4. The summed E-state index contributed by atoms with van der Waals surface area (Å²) in [5, 5.41) is 35.0. The minimum absolute atomic E-state index is 0.109. The Morgan fingerprint density at radius 3 is 0.983 bits per heavy atom. The molecule has 60 heavy (non-hydrogen) atoms. The smallest absolute Gasteiger partial charge is 0.325 e. The van der Waals surface area contributed by atoms with Gasteiger partial charge in [-0.05, 0) is 43.0 Å². The van der Waals surface area contributed by atoms with Gasteiger partial charge in [0, 0.05) is 52.4 Å². The van der Waals surface area contributed by atoms with Crippen molar-refractivity contribution in [2.24, 2.45) is 0 Å². The third-order valence-electron chi connectivity index (χ3n) is 10.4. The third kappa shape index (κ3) is 12.5. The molecule has 0 aliphatic carbocycles. The van der Waals surface area contributed by atoms with Crippen LogP contribution >= 0.6 is 0 Å². The van der Waals surface area contributed by atoms with Gasteiger partial charge in [0.2, 0.25) is 5.91 Å². The molecule has 1 saturated heterocycles. The zero-order valence-electron chi connectivity index (χ0n) is 34.3. The first-order valence-electron chi connectivity index (χ1n) is 20.1. The summed E-state index contributed by atoms with van der Waals surface area (Å²) in [5.41, 5.74) is 1.42. The van der Waals surface area contributed by atoms with E-state index in [9.17, 15) is 39.3 Å². The van der Waals surface area contributed by atoms with Crippen LogP contribution in [0.15, 0.2) is 121 Å². The number of carboxylic acid groups (broad SMARTS) is 3. The SMILES string of the molecule is CC(C)(C)OC(=O)CNC(=O)C(c1ccccc1)N1CCN(C(C(=O)O)c2ccccc2)CCN(C(C(=O)O)c2ccccc2)CCN(C(C(=O)O)c2ccccc2)CC1. The molecule has 0 aromatic heterocycles. The Morgan fingerprint density at radius 1 is 0.483 bits per heavy atom. The molecule has 0 saturated carbocycles. The monoisotopic (exact) mass is 821 g/mol. The van der Waals surface area contributed by atoms with E-state index in [1.807, 2.05) is 11.0 Å². The second-order valence-electron chi connectivity index (χ2n) is 15.7. The minimum atomic E-state index is -1.13. The fourth-order valence-electron chi connectivity index (χ4n) is 7.74. The summed E-state index contributed by atoms with van der Waals surface area (Å²) in [6, 6.07) is 31.0. The van der Waals surface area contributed by atoms with Crippen molar-refractivity contribution >= 4 is 29.8 Å². The van der Waals surface area contributed by atoms with Gasteiger partial charge in [0.1, 0.15) is 36.3 Å². The lowest BCUT2D eigenvalue weighted by Crippen LogP contribution is -2.52. The molecule has 318 valence electrons. The van der Waals surface area contributed by atoms with Crippen molar-refractivity contribution in [3.63, 3.8) is 0 Å². The van der Waals surface area contributed by atoms with Crippen LogP contribution in [0.25, 0.3) is 0 Å². The van der Waals surface area contributed by atoms with Gasteiger partial charge in [-0.1, -0.05) is 121 Å². The molecule has 4 unspecified atom stereocenters. The van der Waals surface area contributed by atoms with Gasteiger partial charge in [0.15, 0.2) is 0 Å². The number of carboxylic acids is 3. The maximum atomic E-state index is 14.4. The van der Waals surface area contributed by atoms with Crippen LogP contribution in [-0.2, 0) is 28.7 Å². The average molecular weight is 822 g/mol. The third-order valence-corrected chi connectivity index (χ3v) is 10.4. The number of esters is 1. The van der Waals surface area contributed by atoms with Crippen LogP contribution < -0.4 is 5.32 Å². The summed E-state index contributed by atoms with van der Waals surface area (Å²) in [6.07, 6.45) is 0. The lowest BCUT2D eigenvalue weighted by atomic mass is 10.0. The number of benzene rings is 4. The lowest BCUT2D eigenvalue weighted by Gasteiger charge is -2.40. The molecule has 4 aromatic carbocycles. The number of nitrogens with zero attached hydrogens (tertiary/aromatic N) is 4. The van der Waals surface area contributed by atoms with Gasteiger partial charge < -0.3 is 25.4 Å². The first-order chi connectivity index (χ1) is 28.7. The fraction of sp³-hybridized carbons (Fsp3) is 0.370. The molecule has 4 N–H and O–H groups in total. The van der Waals surface area contributed by atoms with E-state index < -0.39 is 66.1 Å². The highest BCUT2D eigenvalue weighted by molar-refractivity contribution is 5.87. The predicted molar refractivity (Wildman–Crippen MR) is 225 cm³/mol. The molecular formula is C46H55N5O9. The first kappa shape index (κ1) is 45.2. The molecule has 1 aliphatic heterocycles. The molecule has 4 atom stereocenters. The van der Waals surface area contributed by atoms with E-state index in [1.54, 1.807) is 151 Å². The van der Waals surface area contributed by atoms with E-state index in [4.69, 9.17) is 4.74 Å². The number of rotatable bonds is 14. The maximum Gasteiger partial charge on any atom is 0.325 e. The summed E-state index contributed by atoms with van der Waals surface area (Å²) in [6.45, 7) is 5.74. The normalized spacial score (nSPS) is 17.4.